The van der Waals surface area contributed by atoms with Crippen molar-refractivity contribution in [3.63, 3.8) is 0 Å². The van der Waals surface area contributed by atoms with Crippen molar-refractivity contribution in [3.8, 4) is 0 Å². The molecule has 0 aromatic heterocycles. The molecule has 1 atom stereocenters. The molecule has 1 unspecified atom stereocenters. The Morgan fingerprint density at radius 1 is 1.04 bits per heavy atom. The van der Waals surface area contributed by atoms with E-state index in [1.54, 1.807) is 6.07 Å². The molecule has 2 rings (SSSR count). The Kier molecular flexibility index (Phi) is 7.55. The second-order valence-corrected chi connectivity index (χ2v) is 6.98. The number of rotatable bonds is 8. The zero-order chi connectivity index (χ0) is 19.8. The molecule has 2 amide bonds. The molecule has 0 aliphatic carbocycles. The molecular weight excluding hydrogens is 338 g/mol. The average molecular weight is 367 g/mol. The summed E-state index contributed by atoms with van der Waals surface area (Å²) in [5.74, 6) is -0.488. The molecule has 0 aliphatic rings. The molecule has 144 valence electrons. The van der Waals surface area contributed by atoms with E-state index in [1.165, 1.54) is 0 Å². The Labute approximate surface area is 161 Å². The predicted octanol–water partition coefficient (Wildman–Crippen LogP) is 3.50. The van der Waals surface area contributed by atoms with Crippen LogP contribution in [0.4, 0.5) is 5.69 Å². The van der Waals surface area contributed by atoms with Gasteiger partial charge in [-0.15, -0.1) is 0 Å². The highest BCUT2D eigenvalue weighted by atomic mass is 16.2. The highest BCUT2D eigenvalue weighted by molar-refractivity contribution is 6.01. The van der Waals surface area contributed by atoms with Gasteiger partial charge in [-0.2, -0.15) is 0 Å². The van der Waals surface area contributed by atoms with E-state index in [4.69, 9.17) is 0 Å². The van der Waals surface area contributed by atoms with Gasteiger partial charge in [0.25, 0.3) is 5.91 Å². The van der Waals surface area contributed by atoms with Crippen LogP contribution in [0.1, 0.15) is 42.3 Å². The molecule has 2 aromatic rings. The molecule has 0 bridgehead atoms. The van der Waals surface area contributed by atoms with Gasteiger partial charge in [-0.05, 0) is 48.7 Å². The van der Waals surface area contributed by atoms with Gasteiger partial charge < -0.3 is 16.0 Å². The van der Waals surface area contributed by atoms with Crippen LogP contribution in [-0.4, -0.2) is 24.4 Å². The molecule has 0 saturated carbocycles. The van der Waals surface area contributed by atoms with Gasteiger partial charge in [-0.25, -0.2) is 0 Å². The van der Waals surface area contributed by atoms with Crippen molar-refractivity contribution in [2.75, 3.05) is 11.9 Å². The molecule has 0 spiro atoms. The lowest BCUT2D eigenvalue weighted by Crippen LogP contribution is -2.47. The van der Waals surface area contributed by atoms with E-state index in [0.717, 1.165) is 29.9 Å². The van der Waals surface area contributed by atoms with Gasteiger partial charge >= 0.3 is 0 Å². The van der Waals surface area contributed by atoms with Crippen molar-refractivity contribution in [1.82, 2.24) is 10.6 Å². The summed E-state index contributed by atoms with van der Waals surface area (Å²) in [7, 11) is 0. The van der Waals surface area contributed by atoms with Gasteiger partial charge in [0.15, 0.2) is 0 Å². The van der Waals surface area contributed by atoms with E-state index in [-0.39, 0.29) is 17.7 Å². The lowest BCUT2D eigenvalue weighted by Gasteiger charge is -2.22. The molecule has 0 aliphatic heterocycles. The maximum Gasteiger partial charge on any atom is 0.252 e. The third kappa shape index (κ3) is 5.93. The van der Waals surface area contributed by atoms with E-state index >= 15 is 0 Å². The summed E-state index contributed by atoms with van der Waals surface area (Å²) in [6.07, 6.45) is 0. The standard InChI is InChI=1S/C22H29N3O2/c1-5-23-14-17-10-8-11-18(13-17)24-22(27)20(15(2)3)25-21(26)19-12-7-6-9-16(19)4/h6-13,15,20,23H,5,14H2,1-4H3,(H,24,27)(H,25,26). The maximum absolute atomic E-state index is 12.8. The van der Waals surface area contributed by atoms with Gasteiger partial charge in [0.05, 0.1) is 0 Å². The number of carbonyl (C=O) groups excluding carboxylic acids is 2. The predicted molar refractivity (Wildman–Crippen MR) is 110 cm³/mol. The van der Waals surface area contributed by atoms with Gasteiger partial charge in [0.1, 0.15) is 6.04 Å². The SMILES string of the molecule is CCNCc1cccc(NC(=O)C(NC(=O)c2ccccc2C)C(C)C)c1. The number of benzene rings is 2. The Bertz CT molecular complexity index is 787. The third-order valence-corrected chi connectivity index (χ3v) is 4.40. The van der Waals surface area contributed by atoms with Crippen LogP contribution in [0.2, 0.25) is 0 Å². The Morgan fingerprint density at radius 3 is 2.44 bits per heavy atom. The first kappa shape index (κ1) is 20.6. The zero-order valence-corrected chi connectivity index (χ0v) is 16.5. The number of hydrogen-bond acceptors (Lipinski definition) is 3. The van der Waals surface area contributed by atoms with E-state index < -0.39 is 6.04 Å². The van der Waals surface area contributed by atoms with Crippen molar-refractivity contribution in [1.29, 1.82) is 0 Å². The van der Waals surface area contributed by atoms with Crippen molar-refractivity contribution in [3.05, 3.63) is 65.2 Å². The smallest absolute Gasteiger partial charge is 0.252 e. The third-order valence-electron chi connectivity index (χ3n) is 4.40. The topological polar surface area (TPSA) is 70.2 Å². The van der Waals surface area contributed by atoms with E-state index in [0.29, 0.717) is 5.56 Å². The number of nitrogens with one attached hydrogen (secondary N) is 3. The number of hydrogen-bond donors (Lipinski definition) is 3. The van der Waals surface area contributed by atoms with E-state index in [2.05, 4.69) is 22.9 Å². The fraction of sp³-hybridized carbons (Fsp3) is 0.364. The second kappa shape index (κ2) is 9.88. The van der Waals surface area contributed by atoms with Gasteiger partial charge in [0.2, 0.25) is 5.91 Å². The summed E-state index contributed by atoms with van der Waals surface area (Å²) in [5.41, 5.74) is 3.29. The molecule has 0 heterocycles. The van der Waals surface area contributed by atoms with Crippen molar-refractivity contribution < 1.29 is 9.59 Å². The second-order valence-electron chi connectivity index (χ2n) is 6.98. The van der Waals surface area contributed by atoms with Crippen LogP contribution in [-0.2, 0) is 11.3 Å². The van der Waals surface area contributed by atoms with Crippen molar-refractivity contribution >= 4 is 17.5 Å². The summed E-state index contributed by atoms with van der Waals surface area (Å²) in [6.45, 7) is 9.41. The lowest BCUT2D eigenvalue weighted by atomic mass is 10.0. The van der Waals surface area contributed by atoms with Crippen molar-refractivity contribution in [2.24, 2.45) is 5.92 Å². The number of aryl methyl sites for hydroxylation is 1. The normalized spacial score (nSPS) is 11.9. The Hall–Kier alpha value is -2.66. The van der Waals surface area contributed by atoms with Crippen LogP contribution in [0.15, 0.2) is 48.5 Å². The first-order valence-corrected chi connectivity index (χ1v) is 9.39. The summed E-state index contributed by atoms with van der Waals surface area (Å²) in [6, 6.07) is 14.5. The molecule has 0 saturated heterocycles. The molecule has 0 fully saturated rings. The minimum absolute atomic E-state index is 0.0390. The van der Waals surface area contributed by atoms with Crippen molar-refractivity contribution in [2.45, 2.75) is 40.3 Å². The van der Waals surface area contributed by atoms with Crippen LogP contribution in [0.25, 0.3) is 0 Å². The van der Waals surface area contributed by atoms with Crippen LogP contribution < -0.4 is 16.0 Å². The number of anilines is 1. The Morgan fingerprint density at radius 2 is 1.78 bits per heavy atom. The summed E-state index contributed by atoms with van der Waals surface area (Å²) in [5, 5.41) is 9.08. The molecule has 0 radical (unpaired) electrons. The fourth-order valence-electron chi connectivity index (χ4n) is 2.83. The van der Waals surface area contributed by atoms with Gasteiger partial charge in [0, 0.05) is 17.8 Å². The van der Waals surface area contributed by atoms with Gasteiger partial charge in [-0.1, -0.05) is 51.1 Å². The first-order valence-electron chi connectivity index (χ1n) is 9.39. The molecular formula is C22H29N3O2. The van der Waals surface area contributed by atoms with E-state index in [1.807, 2.05) is 63.2 Å². The fourth-order valence-corrected chi connectivity index (χ4v) is 2.83. The first-order chi connectivity index (χ1) is 12.9. The molecule has 5 heteroatoms. The largest absolute Gasteiger partial charge is 0.340 e. The summed E-state index contributed by atoms with van der Waals surface area (Å²) >= 11 is 0. The van der Waals surface area contributed by atoms with Crippen LogP contribution in [0.3, 0.4) is 0 Å². The Balaban J connectivity index is 2.09. The highest BCUT2D eigenvalue weighted by Gasteiger charge is 2.25. The quantitative estimate of drug-likeness (QED) is 0.669. The van der Waals surface area contributed by atoms with Crippen LogP contribution in [0.5, 0.6) is 0 Å². The maximum atomic E-state index is 12.8. The van der Waals surface area contributed by atoms with Gasteiger partial charge in [-0.3, -0.25) is 9.59 Å². The van der Waals surface area contributed by atoms with Crippen LogP contribution >= 0.6 is 0 Å². The lowest BCUT2D eigenvalue weighted by molar-refractivity contribution is -0.118. The highest BCUT2D eigenvalue weighted by Crippen LogP contribution is 2.14. The zero-order valence-electron chi connectivity index (χ0n) is 16.5. The van der Waals surface area contributed by atoms with E-state index in [9.17, 15) is 9.59 Å². The average Bonchev–Trinajstić information content (AvgIpc) is 2.64. The van der Waals surface area contributed by atoms with Crippen LogP contribution in [0, 0.1) is 12.8 Å². The molecule has 5 nitrogen and oxygen atoms in total. The molecule has 3 N–H and O–H groups in total. The monoisotopic (exact) mass is 367 g/mol. The number of carbonyl (C=O) groups is 2. The number of amides is 2. The molecule has 27 heavy (non-hydrogen) atoms. The summed E-state index contributed by atoms with van der Waals surface area (Å²) < 4.78 is 0. The minimum atomic E-state index is -0.616. The minimum Gasteiger partial charge on any atom is -0.340 e. The molecule has 2 aromatic carbocycles. The summed E-state index contributed by atoms with van der Waals surface area (Å²) in [4.78, 5) is 25.4.